The number of halogens is 2. The van der Waals surface area contributed by atoms with Gasteiger partial charge in [0.25, 0.3) is 0 Å². The van der Waals surface area contributed by atoms with E-state index in [4.69, 9.17) is 16.7 Å². The van der Waals surface area contributed by atoms with Crippen molar-refractivity contribution in [2.75, 3.05) is 13.2 Å². The predicted molar refractivity (Wildman–Crippen MR) is 100 cm³/mol. The van der Waals surface area contributed by atoms with Crippen LogP contribution in [0.2, 0.25) is 5.02 Å². The zero-order valence-electron chi connectivity index (χ0n) is 13.5. The fourth-order valence-electron chi connectivity index (χ4n) is 2.04. The molecule has 0 atom stereocenters. The van der Waals surface area contributed by atoms with Gasteiger partial charge in [-0.25, -0.2) is 4.39 Å². The van der Waals surface area contributed by atoms with Crippen molar-refractivity contribution in [3.63, 3.8) is 0 Å². The van der Waals surface area contributed by atoms with Gasteiger partial charge >= 0.3 is 0 Å². The molecular weight excluding hydrogens is 361 g/mol. The van der Waals surface area contributed by atoms with Gasteiger partial charge < -0.3 is 10.4 Å². The van der Waals surface area contributed by atoms with Gasteiger partial charge in [0.05, 0.1) is 0 Å². The van der Waals surface area contributed by atoms with E-state index in [2.05, 4.69) is 5.32 Å². The van der Waals surface area contributed by atoms with E-state index in [9.17, 15) is 9.18 Å². The predicted octanol–water partition coefficient (Wildman–Crippen LogP) is 4.53. The first-order valence-electron chi connectivity index (χ1n) is 7.88. The van der Waals surface area contributed by atoms with Crippen molar-refractivity contribution in [3.8, 4) is 0 Å². The zero-order chi connectivity index (χ0) is 18.1. The number of rotatable bonds is 8. The van der Waals surface area contributed by atoms with Crippen molar-refractivity contribution in [3.05, 3.63) is 64.9 Å². The first-order chi connectivity index (χ1) is 12.1. The number of unbranched alkanes of at least 4 members (excludes halogenated alkanes) is 1. The van der Waals surface area contributed by atoms with E-state index in [1.807, 2.05) is 12.1 Å². The number of benzene rings is 2. The molecule has 2 N–H and O–H groups in total. The summed E-state index contributed by atoms with van der Waals surface area (Å²) in [5, 5.41) is 12.1. The molecule has 0 aliphatic heterocycles. The van der Waals surface area contributed by atoms with Crippen LogP contribution in [0.15, 0.2) is 58.3 Å². The molecule has 1 amide bonds. The van der Waals surface area contributed by atoms with E-state index in [1.165, 1.54) is 30.0 Å². The molecule has 0 saturated carbocycles. The van der Waals surface area contributed by atoms with Gasteiger partial charge in [-0.3, -0.25) is 4.79 Å². The normalized spacial score (nSPS) is 11.0. The number of carbonyl (C=O) groups excluding carboxylic acids is 1. The standard InChI is InChI=1S/C19H19ClFNO2S/c20-15-4-7-17(8-5-15)25-18-9-6-16(21)13-14(18)3-10-19(24)22-11-1-2-12-23/h3-10,13,23H,1-2,11-12H2,(H,22,24). The Balaban J connectivity index is 2.06. The smallest absolute Gasteiger partial charge is 0.243 e. The van der Waals surface area contributed by atoms with Crippen LogP contribution >= 0.6 is 23.4 Å². The molecule has 2 aromatic carbocycles. The van der Waals surface area contributed by atoms with E-state index >= 15 is 0 Å². The summed E-state index contributed by atoms with van der Waals surface area (Å²) < 4.78 is 13.6. The summed E-state index contributed by atoms with van der Waals surface area (Å²) in [6.07, 6.45) is 4.35. The maximum Gasteiger partial charge on any atom is 0.243 e. The van der Waals surface area contributed by atoms with Crippen LogP contribution in [0.4, 0.5) is 4.39 Å². The Morgan fingerprint density at radius 1 is 1.20 bits per heavy atom. The third kappa shape index (κ3) is 6.90. The van der Waals surface area contributed by atoms with Gasteiger partial charge in [0.15, 0.2) is 0 Å². The topological polar surface area (TPSA) is 49.3 Å². The quantitative estimate of drug-likeness (QED) is 0.523. The minimum Gasteiger partial charge on any atom is -0.396 e. The van der Waals surface area contributed by atoms with Crippen molar-refractivity contribution in [1.29, 1.82) is 0 Å². The van der Waals surface area contributed by atoms with Crippen LogP contribution in [-0.2, 0) is 4.79 Å². The highest BCUT2D eigenvalue weighted by Gasteiger charge is 2.05. The monoisotopic (exact) mass is 379 g/mol. The van der Waals surface area contributed by atoms with Crippen LogP contribution in [-0.4, -0.2) is 24.2 Å². The van der Waals surface area contributed by atoms with E-state index < -0.39 is 0 Å². The lowest BCUT2D eigenvalue weighted by Crippen LogP contribution is -2.22. The van der Waals surface area contributed by atoms with Crippen LogP contribution in [0, 0.1) is 5.82 Å². The Bertz CT molecular complexity index is 735. The second kappa shape index (κ2) is 10.2. The van der Waals surface area contributed by atoms with E-state index in [0.717, 1.165) is 9.79 Å². The van der Waals surface area contributed by atoms with Crippen molar-refractivity contribution >= 4 is 35.3 Å². The molecule has 0 fully saturated rings. The number of carbonyl (C=O) groups is 1. The number of aliphatic hydroxyl groups is 1. The van der Waals surface area contributed by atoms with Crippen molar-refractivity contribution < 1.29 is 14.3 Å². The minimum absolute atomic E-state index is 0.111. The Hall–Kier alpha value is -1.82. The SMILES string of the molecule is O=C(C=Cc1cc(F)ccc1Sc1ccc(Cl)cc1)NCCCCO. The van der Waals surface area contributed by atoms with Crippen molar-refractivity contribution in [2.45, 2.75) is 22.6 Å². The molecule has 0 bridgehead atoms. The summed E-state index contributed by atoms with van der Waals surface area (Å²) in [6.45, 7) is 0.611. The molecule has 0 aliphatic carbocycles. The molecule has 0 unspecified atom stereocenters. The van der Waals surface area contributed by atoms with Gasteiger partial charge in [-0.1, -0.05) is 23.4 Å². The molecular formula is C19H19ClFNO2S. The van der Waals surface area contributed by atoms with E-state index in [1.54, 1.807) is 24.3 Å². The lowest BCUT2D eigenvalue weighted by molar-refractivity contribution is -0.116. The summed E-state index contributed by atoms with van der Waals surface area (Å²) >= 11 is 7.36. The van der Waals surface area contributed by atoms with Crippen LogP contribution in [0.25, 0.3) is 6.08 Å². The van der Waals surface area contributed by atoms with E-state index in [0.29, 0.717) is 30.0 Å². The molecule has 0 aliphatic rings. The van der Waals surface area contributed by atoms with Crippen LogP contribution in [0.5, 0.6) is 0 Å². The highest BCUT2D eigenvalue weighted by molar-refractivity contribution is 7.99. The Morgan fingerprint density at radius 2 is 1.96 bits per heavy atom. The van der Waals surface area contributed by atoms with Crippen LogP contribution in [0.3, 0.4) is 0 Å². The second-order valence-electron chi connectivity index (χ2n) is 5.29. The summed E-state index contributed by atoms with van der Waals surface area (Å²) in [5.74, 6) is -0.604. The van der Waals surface area contributed by atoms with Crippen molar-refractivity contribution in [2.24, 2.45) is 0 Å². The molecule has 0 spiro atoms. The third-order valence-electron chi connectivity index (χ3n) is 3.31. The molecule has 132 valence electrons. The Kier molecular flexibility index (Phi) is 7.98. The van der Waals surface area contributed by atoms with Crippen molar-refractivity contribution in [1.82, 2.24) is 5.32 Å². The largest absolute Gasteiger partial charge is 0.396 e. The summed E-state index contributed by atoms with van der Waals surface area (Å²) in [6, 6.07) is 11.8. The number of nitrogens with one attached hydrogen (secondary N) is 1. The number of aliphatic hydroxyl groups excluding tert-OH is 1. The summed E-state index contributed by atoms with van der Waals surface area (Å²) in [4.78, 5) is 13.6. The number of hydrogen-bond donors (Lipinski definition) is 2. The van der Waals surface area contributed by atoms with Crippen LogP contribution in [0.1, 0.15) is 18.4 Å². The van der Waals surface area contributed by atoms with Gasteiger partial charge in [-0.05, 0) is 66.9 Å². The molecule has 0 radical (unpaired) electrons. The van der Waals surface area contributed by atoms with Gasteiger partial charge in [0.1, 0.15) is 5.82 Å². The third-order valence-corrected chi connectivity index (χ3v) is 4.66. The van der Waals surface area contributed by atoms with E-state index in [-0.39, 0.29) is 18.3 Å². The molecule has 25 heavy (non-hydrogen) atoms. The van der Waals surface area contributed by atoms with Gasteiger partial charge in [-0.2, -0.15) is 0 Å². The first kappa shape index (κ1) is 19.5. The minimum atomic E-state index is -0.358. The molecule has 0 saturated heterocycles. The zero-order valence-corrected chi connectivity index (χ0v) is 15.1. The lowest BCUT2D eigenvalue weighted by Gasteiger charge is -2.07. The fourth-order valence-corrected chi connectivity index (χ4v) is 3.08. The first-order valence-corrected chi connectivity index (χ1v) is 9.07. The molecule has 0 aromatic heterocycles. The summed E-state index contributed by atoms with van der Waals surface area (Å²) in [7, 11) is 0. The summed E-state index contributed by atoms with van der Waals surface area (Å²) in [5.41, 5.74) is 0.630. The van der Waals surface area contributed by atoms with Crippen LogP contribution < -0.4 is 5.32 Å². The molecule has 3 nitrogen and oxygen atoms in total. The maximum absolute atomic E-state index is 13.6. The average molecular weight is 380 g/mol. The average Bonchev–Trinajstić information content (AvgIpc) is 2.61. The fraction of sp³-hybridized carbons (Fsp3) is 0.211. The number of amides is 1. The highest BCUT2D eigenvalue weighted by Crippen LogP contribution is 2.32. The Morgan fingerprint density at radius 3 is 2.68 bits per heavy atom. The molecule has 0 heterocycles. The Labute approximate surface area is 155 Å². The lowest BCUT2D eigenvalue weighted by atomic mass is 10.2. The number of hydrogen-bond acceptors (Lipinski definition) is 3. The van der Waals surface area contributed by atoms with Gasteiger partial charge in [-0.15, -0.1) is 0 Å². The highest BCUT2D eigenvalue weighted by atomic mass is 35.5. The molecule has 2 rings (SSSR count). The van der Waals surface area contributed by atoms with Gasteiger partial charge in [0.2, 0.25) is 5.91 Å². The maximum atomic E-state index is 13.6. The molecule has 6 heteroatoms. The second-order valence-corrected chi connectivity index (χ2v) is 6.84. The van der Waals surface area contributed by atoms with Gasteiger partial charge in [0, 0.05) is 34.0 Å². The molecule has 2 aromatic rings.